The Kier molecular flexibility index (Phi) is 22.7. The SMILES string of the molecule is CCCN(CCC)CCC.CCCN(CCC)CCC.OB(O)Oc1c(F)cc(F)c(F)c1F. The molecule has 0 atom stereocenters. The van der Waals surface area contributed by atoms with Gasteiger partial charge in [-0.25, -0.2) is 13.2 Å². The molecule has 2 N–H and O–H groups in total. The van der Waals surface area contributed by atoms with E-state index in [1.807, 2.05) is 0 Å². The summed E-state index contributed by atoms with van der Waals surface area (Å²) in [6, 6.07) is 0.0239. The van der Waals surface area contributed by atoms with Crippen molar-refractivity contribution in [3.05, 3.63) is 29.3 Å². The topological polar surface area (TPSA) is 56.2 Å². The van der Waals surface area contributed by atoms with Crippen LogP contribution >= 0.6 is 0 Å². The predicted octanol–water partition coefficient (Wildman–Crippen LogP) is 5.63. The highest BCUT2D eigenvalue weighted by Gasteiger charge is 2.24. The van der Waals surface area contributed by atoms with Gasteiger partial charge in [0.05, 0.1) is 0 Å². The van der Waals surface area contributed by atoms with Crippen LogP contribution in [0.3, 0.4) is 0 Å². The molecule has 0 aliphatic rings. The molecule has 0 saturated heterocycles. The molecule has 0 aromatic heterocycles. The van der Waals surface area contributed by atoms with E-state index in [9.17, 15) is 17.6 Å². The van der Waals surface area contributed by atoms with Crippen LogP contribution in [0.1, 0.15) is 80.1 Å². The number of hydrogen-bond donors (Lipinski definition) is 2. The molecule has 1 aromatic carbocycles. The summed E-state index contributed by atoms with van der Waals surface area (Å²) in [4.78, 5) is 5.08. The van der Waals surface area contributed by atoms with E-state index >= 15 is 0 Å². The fourth-order valence-corrected chi connectivity index (χ4v) is 3.33. The normalized spacial score (nSPS) is 10.5. The van der Waals surface area contributed by atoms with Crippen molar-refractivity contribution in [3.63, 3.8) is 0 Å². The first-order chi connectivity index (χ1) is 16.1. The fourth-order valence-electron chi connectivity index (χ4n) is 3.33. The molecule has 0 spiro atoms. The third kappa shape index (κ3) is 16.3. The molecule has 0 amide bonds. The lowest BCUT2D eigenvalue weighted by molar-refractivity contribution is 0.269. The van der Waals surface area contributed by atoms with Crippen LogP contribution in [0.2, 0.25) is 0 Å². The molecule has 0 unspecified atom stereocenters. The molecule has 34 heavy (non-hydrogen) atoms. The molecule has 0 aliphatic heterocycles. The molecule has 10 heteroatoms. The monoisotopic (exact) mass is 496 g/mol. The van der Waals surface area contributed by atoms with Crippen molar-refractivity contribution in [2.75, 3.05) is 39.3 Å². The van der Waals surface area contributed by atoms with Crippen LogP contribution < -0.4 is 4.65 Å². The van der Waals surface area contributed by atoms with E-state index in [1.54, 1.807) is 0 Å². The molecule has 200 valence electrons. The van der Waals surface area contributed by atoms with Gasteiger partial charge in [-0.1, -0.05) is 41.5 Å². The Balaban J connectivity index is 0. The van der Waals surface area contributed by atoms with Crippen LogP contribution in [0.4, 0.5) is 17.6 Å². The minimum absolute atomic E-state index is 0.0239. The Bertz CT molecular complexity index is 582. The number of nitrogens with zero attached hydrogens (tertiary/aromatic N) is 2. The summed E-state index contributed by atoms with van der Waals surface area (Å²) in [5, 5.41) is 16.4. The van der Waals surface area contributed by atoms with E-state index in [4.69, 9.17) is 10.0 Å². The lowest BCUT2D eigenvalue weighted by atomic mass is 10.2. The van der Waals surface area contributed by atoms with Crippen molar-refractivity contribution >= 4 is 7.32 Å². The molecule has 5 nitrogen and oxygen atoms in total. The summed E-state index contributed by atoms with van der Waals surface area (Å²) >= 11 is 0. The second kappa shape index (κ2) is 22.1. The molecular formula is C24H45BF4N2O3. The standard InChI is InChI=1S/2C9H21N.C6H3BF4O3/c2*1-4-7-10(8-5-2)9-6-3;8-2-1-3(9)6(14-7(12)13)5(11)4(2)10/h2*4-9H2,1-3H3;1,12-13H. The van der Waals surface area contributed by atoms with Gasteiger partial charge in [-0.15, -0.1) is 0 Å². The molecule has 0 saturated carbocycles. The average molecular weight is 496 g/mol. The van der Waals surface area contributed by atoms with Crippen molar-refractivity contribution in [1.29, 1.82) is 0 Å². The Labute approximate surface area is 204 Å². The molecular weight excluding hydrogens is 451 g/mol. The number of halogens is 4. The first-order valence-corrected chi connectivity index (χ1v) is 12.4. The van der Waals surface area contributed by atoms with Gasteiger partial charge < -0.3 is 24.5 Å². The Morgan fingerprint density at radius 2 is 0.941 bits per heavy atom. The van der Waals surface area contributed by atoms with Gasteiger partial charge in [0.25, 0.3) is 0 Å². The van der Waals surface area contributed by atoms with Gasteiger partial charge in [0, 0.05) is 6.07 Å². The minimum atomic E-state index is -2.52. The smallest absolute Gasteiger partial charge is 0.507 e. The molecule has 1 rings (SSSR count). The van der Waals surface area contributed by atoms with E-state index in [1.165, 1.54) is 77.8 Å². The third-order valence-electron chi connectivity index (χ3n) is 4.53. The molecule has 0 radical (unpaired) electrons. The van der Waals surface area contributed by atoms with E-state index < -0.39 is 36.3 Å². The van der Waals surface area contributed by atoms with Gasteiger partial charge >= 0.3 is 7.32 Å². The van der Waals surface area contributed by atoms with E-state index in [-0.39, 0.29) is 6.07 Å². The first kappa shape index (κ1) is 34.8. The third-order valence-corrected chi connectivity index (χ3v) is 4.53. The Morgan fingerprint density at radius 1 is 0.618 bits per heavy atom. The second-order valence-corrected chi connectivity index (χ2v) is 7.92. The van der Waals surface area contributed by atoms with Crippen LogP contribution in [-0.2, 0) is 0 Å². The van der Waals surface area contributed by atoms with Gasteiger partial charge in [0.15, 0.2) is 23.2 Å². The molecule has 0 aliphatic carbocycles. The summed E-state index contributed by atoms with van der Waals surface area (Å²) in [5.41, 5.74) is 0. The van der Waals surface area contributed by atoms with Crippen LogP contribution in [0.5, 0.6) is 5.75 Å². The number of benzene rings is 1. The quantitative estimate of drug-likeness (QED) is 0.151. The van der Waals surface area contributed by atoms with Gasteiger partial charge in [-0.2, -0.15) is 4.39 Å². The molecule has 0 fully saturated rings. The maximum atomic E-state index is 12.7. The zero-order chi connectivity index (χ0) is 26.5. The van der Waals surface area contributed by atoms with Gasteiger partial charge in [0.2, 0.25) is 5.82 Å². The maximum Gasteiger partial charge on any atom is 0.707 e. The zero-order valence-electron chi connectivity index (χ0n) is 21.8. The van der Waals surface area contributed by atoms with Crippen LogP contribution in [0.15, 0.2) is 6.07 Å². The van der Waals surface area contributed by atoms with Crippen molar-refractivity contribution in [2.45, 2.75) is 80.1 Å². The second-order valence-electron chi connectivity index (χ2n) is 7.92. The summed E-state index contributed by atoms with van der Waals surface area (Å²) < 4.78 is 53.9. The number of rotatable bonds is 14. The summed E-state index contributed by atoms with van der Waals surface area (Å²) in [6.45, 7) is 21.2. The van der Waals surface area contributed by atoms with Gasteiger partial charge in [0.1, 0.15) is 0 Å². The zero-order valence-corrected chi connectivity index (χ0v) is 21.8. The highest BCUT2D eigenvalue weighted by molar-refractivity contribution is 6.33. The van der Waals surface area contributed by atoms with Crippen LogP contribution in [0.25, 0.3) is 0 Å². The predicted molar refractivity (Wildman–Crippen MR) is 132 cm³/mol. The number of hydrogen-bond acceptors (Lipinski definition) is 5. The van der Waals surface area contributed by atoms with Crippen molar-refractivity contribution in [3.8, 4) is 5.75 Å². The van der Waals surface area contributed by atoms with E-state index in [2.05, 4.69) is 56.0 Å². The molecule has 0 bridgehead atoms. The first-order valence-electron chi connectivity index (χ1n) is 12.4. The Hall–Kier alpha value is -1.36. The highest BCUT2D eigenvalue weighted by Crippen LogP contribution is 2.25. The van der Waals surface area contributed by atoms with Crippen molar-refractivity contribution in [1.82, 2.24) is 9.80 Å². The molecule has 0 heterocycles. The Morgan fingerprint density at radius 3 is 1.21 bits per heavy atom. The van der Waals surface area contributed by atoms with Crippen LogP contribution in [0, 0.1) is 23.3 Å². The van der Waals surface area contributed by atoms with Crippen molar-refractivity contribution in [2.24, 2.45) is 0 Å². The largest absolute Gasteiger partial charge is 0.707 e. The lowest BCUT2D eigenvalue weighted by Crippen LogP contribution is -2.26. The summed E-state index contributed by atoms with van der Waals surface area (Å²) in [5.74, 6) is -8.62. The maximum absolute atomic E-state index is 12.7. The van der Waals surface area contributed by atoms with Crippen LogP contribution in [-0.4, -0.2) is 66.4 Å². The summed E-state index contributed by atoms with van der Waals surface area (Å²) in [7, 11) is -2.52. The lowest BCUT2D eigenvalue weighted by Gasteiger charge is -2.19. The van der Waals surface area contributed by atoms with Crippen molar-refractivity contribution < 1.29 is 32.3 Å². The van der Waals surface area contributed by atoms with Gasteiger partial charge in [-0.3, -0.25) is 0 Å². The van der Waals surface area contributed by atoms with E-state index in [0.29, 0.717) is 0 Å². The van der Waals surface area contributed by atoms with Gasteiger partial charge in [-0.05, 0) is 77.8 Å². The minimum Gasteiger partial charge on any atom is -0.507 e. The molecule has 1 aromatic rings. The average Bonchev–Trinajstić information content (AvgIpc) is 2.77. The summed E-state index contributed by atoms with van der Waals surface area (Å²) in [6.07, 6.45) is 7.75. The fraction of sp³-hybridized carbons (Fsp3) is 0.750. The van der Waals surface area contributed by atoms with E-state index in [0.717, 1.165) is 0 Å². The highest BCUT2D eigenvalue weighted by atomic mass is 19.2.